The number of benzene rings is 2. The van der Waals surface area contributed by atoms with Crippen LogP contribution < -0.4 is 0 Å². The standard InChI is InChI=1S/C14H8Cl2O3/c15-10-6-7-12(16)11(8-10)14(18)19-13(17)9-4-2-1-3-5-9/h1-8H. The Hall–Kier alpha value is -1.84. The number of esters is 2. The van der Waals surface area contributed by atoms with E-state index >= 15 is 0 Å². The van der Waals surface area contributed by atoms with Gasteiger partial charge in [-0.3, -0.25) is 0 Å². The average molecular weight is 295 g/mol. The molecule has 0 heterocycles. The van der Waals surface area contributed by atoms with E-state index < -0.39 is 11.9 Å². The van der Waals surface area contributed by atoms with Crippen molar-refractivity contribution in [1.29, 1.82) is 0 Å². The summed E-state index contributed by atoms with van der Waals surface area (Å²) < 4.78 is 4.74. The molecule has 0 fully saturated rings. The summed E-state index contributed by atoms with van der Waals surface area (Å²) in [6.45, 7) is 0. The maximum absolute atomic E-state index is 11.8. The van der Waals surface area contributed by atoms with Crippen molar-refractivity contribution in [3.05, 3.63) is 69.7 Å². The van der Waals surface area contributed by atoms with Crippen molar-refractivity contribution in [2.75, 3.05) is 0 Å². The second kappa shape index (κ2) is 5.87. The Morgan fingerprint density at radius 2 is 1.58 bits per heavy atom. The lowest BCUT2D eigenvalue weighted by molar-refractivity contribution is 0.0398. The molecule has 0 bridgehead atoms. The van der Waals surface area contributed by atoms with E-state index in [0.29, 0.717) is 5.02 Å². The SMILES string of the molecule is O=C(OC(=O)c1cc(Cl)ccc1Cl)c1ccccc1. The molecule has 19 heavy (non-hydrogen) atoms. The highest BCUT2D eigenvalue weighted by atomic mass is 35.5. The van der Waals surface area contributed by atoms with Gasteiger partial charge in [-0.2, -0.15) is 0 Å². The summed E-state index contributed by atoms with van der Waals surface area (Å²) in [6.07, 6.45) is 0. The Morgan fingerprint density at radius 3 is 2.26 bits per heavy atom. The van der Waals surface area contributed by atoms with Crippen LogP contribution in [0.2, 0.25) is 10.0 Å². The maximum Gasteiger partial charge on any atom is 0.347 e. The molecule has 3 nitrogen and oxygen atoms in total. The molecule has 2 aromatic carbocycles. The summed E-state index contributed by atoms with van der Waals surface area (Å²) in [6, 6.07) is 12.6. The lowest BCUT2D eigenvalue weighted by Crippen LogP contribution is -2.13. The monoisotopic (exact) mass is 294 g/mol. The number of hydrogen-bond acceptors (Lipinski definition) is 3. The molecule has 0 spiro atoms. The summed E-state index contributed by atoms with van der Waals surface area (Å²) in [5.41, 5.74) is 0.340. The van der Waals surface area contributed by atoms with Gasteiger partial charge in [0.2, 0.25) is 0 Å². The summed E-state index contributed by atoms with van der Waals surface area (Å²) >= 11 is 11.6. The van der Waals surface area contributed by atoms with Crippen molar-refractivity contribution in [3.8, 4) is 0 Å². The van der Waals surface area contributed by atoms with Gasteiger partial charge in [-0.1, -0.05) is 41.4 Å². The highest BCUT2D eigenvalue weighted by Crippen LogP contribution is 2.21. The fourth-order valence-electron chi connectivity index (χ4n) is 1.43. The van der Waals surface area contributed by atoms with Crippen molar-refractivity contribution < 1.29 is 14.3 Å². The third-order valence-corrected chi connectivity index (χ3v) is 2.91. The van der Waals surface area contributed by atoms with Gasteiger partial charge in [0, 0.05) is 5.02 Å². The van der Waals surface area contributed by atoms with Gasteiger partial charge in [0.05, 0.1) is 16.1 Å². The van der Waals surface area contributed by atoms with Crippen LogP contribution in [0.1, 0.15) is 20.7 Å². The average Bonchev–Trinajstić information content (AvgIpc) is 2.42. The Balaban J connectivity index is 2.18. The number of carbonyl (C=O) groups is 2. The molecule has 2 rings (SSSR count). The minimum Gasteiger partial charge on any atom is -0.386 e. The van der Waals surface area contributed by atoms with Crippen molar-refractivity contribution in [2.45, 2.75) is 0 Å². The molecule has 5 heteroatoms. The van der Waals surface area contributed by atoms with Crippen LogP contribution in [0.4, 0.5) is 0 Å². The van der Waals surface area contributed by atoms with Gasteiger partial charge in [0.15, 0.2) is 0 Å². The summed E-state index contributed by atoms with van der Waals surface area (Å²) in [7, 11) is 0. The summed E-state index contributed by atoms with van der Waals surface area (Å²) in [4.78, 5) is 23.5. The third kappa shape index (κ3) is 3.34. The van der Waals surface area contributed by atoms with Crippen molar-refractivity contribution in [3.63, 3.8) is 0 Å². The molecule has 0 aliphatic carbocycles. The van der Waals surface area contributed by atoms with Crippen LogP contribution in [-0.4, -0.2) is 11.9 Å². The van der Waals surface area contributed by atoms with Crippen LogP contribution in [-0.2, 0) is 4.74 Å². The van der Waals surface area contributed by atoms with Gasteiger partial charge >= 0.3 is 11.9 Å². The van der Waals surface area contributed by atoms with Gasteiger partial charge in [-0.15, -0.1) is 0 Å². The van der Waals surface area contributed by atoms with E-state index in [-0.39, 0.29) is 16.1 Å². The van der Waals surface area contributed by atoms with E-state index in [1.165, 1.54) is 12.1 Å². The minimum atomic E-state index is -0.832. The molecule has 0 amide bonds. The highest BCUT2D eigenvalue weighted by molar-refractivity contribution is 6.35. The molecule has 96 valence electrons. The molecule has 0 aromatic heterocycles. The van der Waals surface area contributed by atoms with Crippen LogP contribution in [0.25, 0.3) is 0 Å². The quantitative estimate of drug-likeness (QED) is 0.621. The van der Waals surface area contributed by atoms with E-state index in [2.05, 4.69) is 0 Å². The van der Waals surface area contributed by atoms with E-state index in [1.807, 2.05) is 0 Å². The minimum absolute atomic E-state index is 0.0541. The fraction of sp³-hybridized carbons (Fsp3) is 0. The normalized spacial score (nSPS) is 10.0. The molecular weight excluding hydrogens is 287 g/mol. The highest BCUT2D eigenvalue weighted by Gasteiger charge is 2.17. The smallest absolute Gasteiger partial charge is 0.347 e. The second-order valence-corrected chi connectivity index (χ2v) is 4.51. The molecule has 0 saturated heterocycles. The predicted molar refractivity (Wildman–Crippen MR) is 72.7 cm³/mol. The van der Waals surface area contributed by atoms with E-state index in [9.17, 15) is 9.59 Å². The molecular formula is C14H8Cl2O3. The zero-order chi connectivity index (χ0) is 13.8. The molecule has 0 N–H and O–H groups in total. The first-order valence-corrected chi connectivity index (χ1v) is 6.10. The number of halogens is 2. The van der Waals surface area contributed by atoms with Gasteiger partial charge in [0.25, 0.3) is 0 Å². The number of hydrogen-bond donors (Lipinski definition) is 0. The first-order valence-electron chi connectivity index (χ1n) is 5.34. The third-order valence-electron chi connectivity index (χ3n) is 2.34. The lowest BCUT2D eigenvalue weighted by Gasteiger charge is -2.05. The predicted octanol–water partition coefficient (Wildman–Crippen LogP) is 3.99. The molecule has 2 aromatic rings. The molecule has 0 aliphatic rings. The number of carbonyl (C=O) groups excluding carboxylic acids is 2. The van der Waals surface area contributed by atoms with Crippen LogP contribution in [0.15, 0.2) is 48.5 Å². The van der Waals surface area contributed by atoms with Gasteiger partial charge in [-0.05, 0) is 30.3 Å². The molecule has 0 aliphatic heterocycles. The van der Waals surface area contributed by atoms with Crippen LogP contribution in [0.3, 0.4) is 0 Å². The van der Waals surface area contributed by atoms with Crippen molar-refractivity contribution >= 4 is 35.1 Å². The molecule has 0 unspecified atom stereocenters. The van der Waals surface area contributed by atoms with E-state index in [0.717, 1.165) is 0 Å². The van der Waals surface area contributed by atoms with Crippen LogP contribution >= 0.6 is 23.2 Å². The largest absolute Gasteiger partial charge is 0.386 e. The summed E-state index contributed by atoms with van der Waals surface area (Å²) in [5, 5.41) is 0.513. The topological polar surface area (TPSA) is 43.4 Å². The van der Waals surface area contributed by atoms with Gasteiger partial charge in [-0.25, -0.2) is 9.59 Å². The Bertz CT molecular complexity index is 624. The fourth-order valence-corrected chi connectivity index (χ4v) is 1.79. The first-order chi connectivity index (χ1) is 9.08. The second-order valence-electron chi connectivity index (χ2n) is 3.67. The van der Waals surface area contributed by atoms with Gasteiger partial charge < -0.3 is 4.74 Å². The molecule has 0 saturated carbocycles. The maximum atomic E-state index is 11.8. The molecule has 0 radical (unpaired) electrons. The Labute approximate surface area is 119 Å². The van der Waals surface area contributed by atoms with Crippen molar-refractivity contribution in [1.82, 2.24) is 0 Å². The van der Waals surface area contributed by atoms with Crippen molar-refractivity contribution in [2.24, 2.45) is 0 Å². The van der Waals surface area contributed by atoms with Gasteiger partial charge in [0.1, 0.15) is 0 Å². The zero-order valence-electron chi connectivity index (χ0n) is 9.60. The first kappa shape index (κ1) is 13.6. The van der Waals surface area contributed by atoms with Crippen LogP contribution in [0, 0.1) is 0 Å². The Morgan fingerprint density at radius 1 is 0.895 bits per heavy atom. The number of rotatable bonds is 2. The number of ether oxygens (including phenoxy) is 1. The van der Waals surface area contributed by atoms with E-state index in [4.69, 9.17) is 27.9 Å². The zero-order valence-corrected chi connectivity index (χ0v) is 11.1. The summed E-state index contributed by atoms with van der Waals surface area (Å²) in [5.74, 6) is -1.57. The Kier molecular flexibility index (Phi) is 4.20. The lowest BCUT2D eigenvalue weighted by atomic mass is 10.2. The molecule has 0 atom stereocenters. The van der Waals surface area contributed by atoms with E-state index in [1.54, 1.807) is 36.4 Å². The van der Waals surface area contributed by atoms with Crippen LogP contribution in [0.5, 0.6) is 0 Å².